The first-order chi connectivity index (χ1) is 16.2. The maximum Gasteiger partial charge on any atom is 0.230 e. The van der Waals surface area contributed by atoms with Crippen molar-refractivity contribution in [2.45, 2.75) is 57.4 Å². The van der Waals surface area contributed by atoms with Crippen molar-refractivity contribution in [1.82, 2.24) is 14.5 Å². The first-order valence-corrected chi connectivity index (χ1v) is 13.7. The fourth-order valence-electron chi connectivity index (χ4n) is 4.90. The number of hydrogen-bond donors (Lipinski definition) is 2. The summed E-state index contributed by atoms with van der Waals surface area (Å²) in [6, 6.07) is 8.15. The zero-order chi connectivity index (χ0) is 24.8. The molecule has 3 atom stereocenters. The van der Waals surface area contributed by atoms with Gasteiger partial charge in [0.15, 0.2) is 0 Å². The molecule has 34 heavy (non-hydrogen) atoms. The number of hydrogen-bond acceptors (Lipinski definition) is 6. The minimum Gasteiger partial charge on any atom is -0.391 e. The molecule has 2 aliphatic heterocycles. The highest BCUT2D eigenvalue weighted by molar-refractivity contribution is 7.88. The summed E-state index contributed by atoms with van der Waals surface area (Å²) in [5.41, 5.74) is -0.448. The second kappa shape index (κ2) is 11.6. The Labute approximate surface area is 202 Å². The van der Waals surface area contributed by atoms with Gasteiger partial charge in [-0.25, -0.2) is 13.1 Å². The Morgan fingerprint density at radius 1 is 1.18 bits per heavy atom. The number of morpholine rings is 1. The number of nitrogens with one attached hydrogen (secondary N) is 1. The van der Waals surface area contributed by atoms with E-state index in [1.807, 2.05) is 13.0 Å². The highest BCUT2D eigenvalue weighted by Crippen LogP contribution is 2.37. The lowest BCUT2D eigenvalue weighted by Crippen LogP contribution is -2.55. The average Bonchev–Trinajstić information content (AvgIpc) is 3.26. The molecule has 1 aromatic rings. The molecule has 2 aliphatic rings. The summed E-state index contributed by atoms with van der Waals surface area (Å²) in [5, 5.41) is 9.99. The second-order valence-corrected chi connectivity index (χ2v) is 11.0. The normalized spacial score (nSPS) is 21.8. The molecule has 0 aliphatic carbocycles. The lowest BCUT2D eigenvalue weighted by molar-refractivity contribution is -0.145. The molecule has 9 nitrogen and oxygen atoms in total. The molecule has 2 amide bonds. The third-order valence-corrected chi connectivity index (χ3v) is 8.47. The van der Waals surface area contributed by atoms with Crippen LogP contribution in [-0.2, 0) is 30.1 Å². The maximum absolute atomic E-state index is 13.8. The molecule has 0 saturated carbocycles. The number of sulfonamides is 1. The second-order valence-electron chi connectivity index (χ2n) is 9.28. The fourth-order valence-corrected chi connectivity index (χ4v) is 6.38. The smallest absolute Gasteiger partial charge is 0.230 e. The molecule has 0 aromatic heterocycles. The number of likely N-dealkylation sites (tertiary alicyclic amines) is 1. The summed E-state index contributed by atoms with van der Waals surface area (Å²) in [6.45, 7) is 6.22. The minimum absolute atomic E-state index is 0.0604. The van der Waals surface area contributed by atoms with Crippen LogP contribution in [0.1, 0.15) is 45.1 Å². The minimum atomic E-state index is -3.74. The third-order valence-electron chi connectivity index (χ3n) is 7.04. The van der Waals surface area contributed by atoms with Gasteiger partial charge in [0, 0.05) is 38.6 Å². The van der Waals surface area contributed by atoms with Gasteiger partial charge in [0.25, 0.3) is 0 Å². The van der Waals surface area contributed by atoms with Crippen LogP contribution in [0.5, 0.6) is 0 Å². The van der Waals surface area contributed by atoms with E-state index in [4.69, 9.17) is 4.74 Å². The topological polar surface area (TPSA) is 116 Å². The standard InChI is InChI=1S/C24H37N3O6S/c1-3-24(23(30)27-12-10-21(28)17-27,11-9-22(29)26-13-15-33-16-14-26)19(2)25-34(31,32)18-20-7-5-4-6-8-20/h4-8,19,21,25,28H,3,9-18H2,1-2H3. The summed E-state index contributed by atoms with van der Waals surface area (Å²) >= 11 is 0. The van der Waals surface area contributed by atoms with E-state index in [2.05, 4.69) is 4.72 Å². The van der Waals surface area contributed by atoms with E-state index in [0.29, 0.717) is 51.3 Å². The Hall–Kier alpha value is -2.01. The van der Waals surface area contributed by atoms with E-state index in [1.54, 1.807) is 41.0 Å². The molecular formula is C24H37N3O6S. The summed E-state index contributed by atoms with van der Waals surface area (Å²) in [5.74, 6) is -0.465. The van der Waals surface area contributed by atoms with Crippen molar-refractivity contribution in [2.75, 3.05) is 39.4 Å². The number of rotatable bonds is 10. The molecule has 0 spiro atoms. The molecule has 0 radical (unpaired) electrons. The molecule has 3 unspecified atom stereocenters. The highest BCUT2D eigenvalue weighted by atomic mass is 32.2. The van der Waals surface area contributed by atoms with Gasteiger partial charge in [-0.2, -0.15) is 0 Å². The number of ether oxygens (including phenoxy) is 1. The van der Waals surface area contributed by atoms with Crippen LogP contribution in [0.25, 0.3) is 0 Å². The van der Waals surface area contributed by atoms with Gasteiger partial charge >= 0.3 is 0 Å². The summed E-state index contributed by atoms with van der Waals surface area (Å²) < 4.78 is 34.0. The van der Waals surface area contributed by atoms with Crippen LogP contribution < -0.4 is 4.72 Å². The van der Waals surface area contributed by atoms with E-state index in [0.717, 1.165) is 0 Å². The van der Waals surface area contributed by atoms with Gasteiger partial charge in [-0.3, -0.25) is 9.59 Å². The molecule has 2 fully saturated rings. The number of aliphatic hydroxyl groups is 1. The zero-order valence-corrected chi connectivity index (χ0v) is 20.9. The van der Waals surface area contributed by atoms with Crippen LogP contribution in [0, 0.1) is 5.41 Å². The van der Waals surface area contributed by atoms with Gasteiger partial charge in [0.1, 0.15) is 0 Å². The van der Waals surface area contributed by atoms with Crippen LogP contribution in [-0.4, -0.2) is 86.7 Å². The van der Waals surface area contributed by atoms with E-state index in [-0.39, 0.29) is 37.0 Å². The molecule has 3 rings (SSSR count). The van der Waals surface area contributed by atoms with Gasteiger partial charge in [0.05, 0.1) is 30.5 Å². The Morgan fingerprint density at radius 2 is 1.85 bits per heavy atom. The molecule has 2 saturated heterocycles. The van der Waals surface area contributed by atoms with Gasteiger partial charge in [-0.05, 0) is 31.7 Å². The lowest BCUT2D eigenvalue weighted by atomic mass is 9.73. The number of β-amino-alcohol motifs (C(OH)–C–C–N with tert-alkyl or cyclic N) is 1. The Kier molecular flexibility index (Phi) is 9.08. The van der Waals surface area contributed by atoms with E-state index < -0.39 is 27.6 Å². The molecule has 0 bridgehead atoms. The zero-order valence-electron chi connectivity index (χ0n) is 20.1. The van der Waals surface area contributed by atoms with Crippen LogP contribution in [0.3, 0.4) is 0 Å². The quantitative estimate of drug-likeness (QED) is 0.503. The average molecular weight is 496 g/mol. The van der Waals surface area contributed by atoms with Crippen molar-refractivity contribution in [3.05, 3.63) is 35.9 Å². The highest BCUT2D eigenvalue weighted by Gasteiger charge is 2.47. The van der Waals surface area contributed by atoms with Gasteiger partial charge in [-0.1, -0.05) is 37.3 Å². The van der Waals surface area contributed by atoms with Crippen LogP contribution in [0.2, 0.25) is 0 Å². The first kappa shape index (κ1) is 26.6. The molecular weight excluding hydrogens is 458 g/mol. The molecule has 190 valence electrons. The van der Waals surface area contributed by atoms with Gasteiger partial charge < -0.3 is 19.6 Å². The van der Waals surface area contributed by atoms with Gasteiger partial charge in [-0.15, -0.1) is 0 Å². The monoisotopic (exact) mass is 495 g/mol. The largest absolute Gasteiger partial charge is 0.391 e. The third kappa shape index (κ3) is 6.56. The number of aliphatic hydroxyl groups excluding tert-OH is 1. The van der Waals surface area contributed by atoms with Crippen molar-refractivity contribution < 1.29 is 27.9 Å². The predicted octanol–water partition coefficient (Wildman–Crippen LogP) is 1.12. The van der Waals surface area contributed by atoms with Crippen molar-refractivity contribution in [1.29, 1.82) is 0 Å². The van der Waals surface area contributed by atoms with Crippen molar-refractivity contribution in [3.8, 4) is 0 Å². The van der Waals surface area contributed by atoms with Crippen molar-refractivity contribution in [3.63, 3.8) is 0 Å². The number of carbonyl (C=O) groups is 2. The Morgan fingerprint density at radius 3 is 2.44 bits per heavy atom. The molecule has 1 aromatic carbocycles. The van der Waals surface area contributed by atoms with E-state index in [9.17, 15) is 23.1 Å². The summed E-state index contributed by atoms with van der Waals surface area (Å²) in [6.07, 6.45) is 0.635. The number of benzene rings is 1. The number of amides is 2. The predicted molar refractivity (Wildman–Crippen MR) is 128 cm³/mol. The Balaban J connectivity index is 1.80. The number of carbonyl (C=O) groups excluding carboxylic acids is 2. The SMILES string of the molecule is CCC(CCC(=O)N1CCOCC1)(C(=O)N1CCC(O)C1)C(C)NS(=O)(=O)Cc1ccccc1. The van der Waals surface area contributed by atoms with Crippen molar-refractivity contribution in [2.24, 2.45) is 5.41 Å². The van der Waals surface area contributed by atoms with Crippen molar-refractivity contribution >= 4 is 21.8 Å². The van der Waals surface area contributed by atoms with Crippen LogP contribution >= 0.6 is 0 Å². The summed E-state index contributed by atoms with van der Waals surface area (Å²) in [4.78, 5) is 30.0. The Bertz CT molecular complexity index is 935. The maximum atomic E-state index is 13.8. The van der Waals surface area contributed by atoms with Gasteiger partial charge in [0.2, 0.25) is 21.8 Å². The molecule has 2 N–H and O–H groups in total. The summed E-state index contributed by atoms with van der Waals surface area (Å²) in [7, 11) is -3.74. The fraction of sp³-hybridized carbons (Fsp3) is 0.667. The molecule has 2 heterocycles. The van der Waals surface area contributed by atoms with E-state index >= 15 is 0 Å². The van der Waals surface area contributed by atoms with E-state index in [1.165, 1.54) is 0 Å². The molecule has 10 heteroatoms. The van der Waals surface area contributed by atoms with Crippen LogP contribution in [0.15, 0.2) is 30.3 Å². The number of nitrogens with zero attached hydrogens (tertiary/aromatic N) is 2. The van der Waals surface area contributed by atoms with Crippen LogP contribution in [0.4, 0.5) is 0 Å². The first-order valence-electron chi connectivity index (χ1n) is 12.0. The lowest BCUT2D eigenvalue weighted by Gasteiger charge is -2.40.